The van der Waals surface area contributed by atoms with Crippen LogP contribution in [-0.4, -0.2) is 16.6 Å². The number of fused-ring (bicyclic) bond motifs is 1. The lowest BCUT2D eigenvalue weighted by molar-refractivity contribution is 0.0979. The molecule has 1 aliphatic carbocycles. The molecule has 0 fully saturated rings. The van der Waals surface area contributed by atoms with Crippen LogP contribution in [0.3, 0.4) is 0 Å². The van der Waals surface area contributed by atoms with E-state index in [-0.39, 0.29) is 23.0 Å². The first-order chi connectivity index (χ1) is 16.1. The van der Waals surface area contributed by atoms with E-state index < -0.39 is 7.05 Å². The van der Waals surface area contributed by atoms with Crippen LogP contribution in [0.25, 0.3) is 0 Å². The van der Waals surface area contributed by atoms with Crippen LogP contribution in [0.15, 0.2) is 120 Å². The highest BCUT2D eigenvalue weighted by molar-refractivity contribution is 7.87. The molecule has 0 unspecified atom stereocenters. The highest BCUT2D eigenvalue weighted by Gasteiger charge is 2.32. The van der Waals surface area contributed by atoms with Gasteiger partial charge in [-0.05, 0) is 19.1 Å². The molecule has 0 radical (unpaired) electrons. The highest BCUT2D eigenvalue weighted by atomic mass is 31.2. The number of pyridine rings is 1. The van der Waals surface area contributed by atoms with Gasteiger partial charge in [0.25, 0.3) is 0 Å². The highest BCUT2D eigenvalue weighted by Crippen LogP contribution is 2.48. The number of Topliss-reactive ketones (excluding diaryl/α,β-unsaturated/α-hetero) is 1. The number of ketones is 2. The summed E-state index contributed by atoms with van der Waals surface area (Å²) in [5, 5.41) is 3.02. The number of aryl methyl sites for hydroxylation is 1. The average Bonchev–Trinajstić information content (AvgIpc) is 2.87. The van der Waals surface area contributed by atoms with Crippen molar-refractivity contribution in [1.29, 1.82) is 0 Å². The molecule has 5 heteroatoms. The normalized spacial score (nSPS) is 13.3. The predicted octanol–water partition coefficient (Wildman–Crippen LogP) is 4.83. The quantitative estimate of drug-likeness (QED) is 0.420. The van der Waals surface area contributed by atoms with E-state index in [4.69, 9.17) is 4.74 Å². The summed E-state index contributed by atoms with van der Waals surface area (Å²) in [6, 6.07) is 33.5. The largest absolute Gasteiger partial charge is 0.289 e. The van der Waals surface area contributed by atoms with Crippen LogP contribution < -0.4 is 15.9 Å². The van der Waals surface area contributed by atoms with E-state index in [2.05, 4.69) is 4.98 Å². The van der Waals surface area contributed by atoms with Crippen LogP contribution in [0.4, 0.5) is 0 Å². The van der Waals surface area contributed by atoms with Crippen molar-refractivity contribution in [1.82, 2.24) is 4.98 Å². The number of nitrogens with zero attached hydrogens (tertiary/aromatic N) is 2. The Kier molecular flexibility index (Phi) is 5.45. The van der Waals surface area contributed by atoms with Crippen LogP contribution in [0.1, 0.15) is 26.5 Å². The molecular formula is C28H21N2O2P. The summed E-state index contributed by atoms with van der Waals surface area (Å²) in [7, 11) is -2.65. The summed E-state index contributed by atoms with van der Waals surface area (Å²) in [6.45, 7) is 1.81. The Hall–Kier alpha value is -3.88. The van der Waals surface area contributed by atoms with Gasteiger partial charge in [-0.2, -0.15) is 0 Å². The molecule has 0 N–H and O–H groups in total. The van der Waals surface area contributed by atoms with Gasteiger partial charge >= 0.3 is 0 Å². The van der Waals surface area contributed by atoms with Crippen molar-refractivity contribution >= 4 is 34.5 Å². The second-order valence-electron chi connectivity index (χ2n) is 7.81. The first-order valence-electron chi connectivity index (χ1n) is 10.7. The molecule has 1 aliphatic rings. The van der Waals surface area contributed by atoms with Crippen molar-refractivity contribution in [3.63, 3.8) is 0 Å². The number of carbonyl (C=O) groups excluding carboxylic acids is 2. The summed E-state index contributed by atoms with van der Waals surface area (Å²) < 4.78 is 5.20. The molecule has 4 nitrogen and oxygen atoms in total. The zero-order valence-corrected chi connectivity index (χ0v) is 18.9. The molecular weight excluding hydrogens is 427 g/mol. The third-order valence-electron chi connectivity index (χ3n) is 5.66. The van der Waals surface area contributed by atoms with E-state index in [1.54, 1.807) is 12.1 Å². The molecule has 5 rings (SSSR count). The molecule has 4 aromatic rings. The number of hydrogen-bond acceptors (Lipinski definition) is 4. The van der Waals surface area contributed by atoms with E-state index in [1.807, 2.05) is 97.9 Å². The van der Waals surface area contributed by atoms with Gasteiger partial charge in [0, 0.05) is 27.7 Å². The lowest BCUT2D eigenvalue weighted by Gasteiger charge is -2.27. The topological polar surface area (TPSA) is 59.4 Å². The van der Waals surface area contributed by atoms with Crippen molar-refractivity contribution < 1.29 is 9.59 Å². The van der Waals surface area contributed by atoms with Gasteiger partial charge < -0.3 is 0 Å². The molecule has 0 saturated carbocycles. The van der Waals surface area contributed by atoms with Crippen molar-refractivity contribution in [3.8, 4) is 0 Å². The molecule has 160 valence electrons. The zero-order chi connectivity index (χ0) is 22.8. The summed E-state index contributed by atoms with van der Waals surface area (Å²) in [5.74, 6) is -0.566. The first-order valence-corrected chi connectivity index (χ1v) is 12.4. The minimum atomic E-state index is -2.65. The van der Waals surface area contributed by atoms with E-state index in [0.717, 1.165) is 15.9 Å². The maximum Gasteiger partial charge on any atom is 0.230 e. The van der Waals surface area contributed by atoms with Crippen molar-refractivity contribution in [2.75, 3.05) is 0 Å². The molecule has 1 heterocycles. The molecule has 0 spiro atoms. The fourth-order valence-corrected chi connectivity index (χ4v) is 7.63. The standard InChI is InChI=1S/C28H21N2O2P/c1-20-17-18-24-26(31)19-25(28(32)27(24)29-20)30-33(21-11-5-2-6-12-21,22-13-7-3-8-14-22)23-15-9-4-10-16-23/h2-19H,1H3. The maximum atomic E-state index is 13.5. The van der Waals surface area contributed by atoms with Crippen molar-refractivity contribution in [2.45, 2.75) is 6.92 Å². The fraction of sp³-hybridized carbons (Fsp3) is 0.0357. The Morgan fingerprint density at radius 2 is 1.15 bits per heavy atom. The van der Waals surface area contributed by atoms with Gasteiger partial charge in [-0.15, -0.1) is 0 Å². The summed E-state index contributed by atoms with van der Waals surface area (Å²) >= 11 is 0. The second-order valence-corrected chi connectivity index (χ2v) is 10.8. The van der Waals surface area contributed by atoms with E-state index in [1.165, 1.54) is 6.08 Å². The van der Waals surface area contributed by atoms with Gasteiger partial charge in [0.1, 0.15) is 11.4 Å². The van der Waals surface area contributed by atoms with Crippen molar-refractivity contribution in [2.24, 2.45) is 4.74 Å². The number of allylic oxidation sites excluding steroid dienone is 2. The monoisotopic (exact) mass is 448 g/mol. The molecule has 33 heavy (non-hydrogen) atoms. The van der Waals surface area contributed by atoms with E-state index in [9.17, 15) is 9.59 Å². The first kappa shape index (κ1) is 21.0. The SMILES string of the molecule is Cc1ccc2c(n1)C(=O)C(N=P(c1ccccc1)(c1ccccc1)c1ccccc1)=CC2=O. The molecule has 0 bridgehead atoms. The van der Waals surface area contributed by atoms with Crippen molar-refractivity contribution in [3.05, 3.63) is 132 Å². The van der Waals surface area contributed by atoms with E-state index in [0.29, 0.717) is 11.3 Å². The fourth-order valence-electron chi connectivity index (χ4n) is 4.10. The lowest BCUT2D eigenvalue weighted by atomic mass is 9.97. The van der Waals surface area contributed by atoms with Crippen LogP contribution in [0.5, 0.6) is 0 Å². The summed E-state index contributed by atoms with van der Waals surface area (Å²) in [5.41, 5.74) is 1.34. The van der Waals surface area contributed by atoms with Gasteiger partial charge in [0.15, 0.2) is 5.78 Å². The number of hydrogen-bond donors (Lipinski definition) is 0. The molecule has 0 aliphatic heterocycles. The van der Waals surface area contributed by atoms with Gasteiger partial charge in [0.05, 0.1) is 12.6 Å². The third-order valence-corrected chi connectivity index (χ3v) is 9.31. The van der Waals surface area contributed by atoms with Crippen LogP contribution in [0, 0.1) is 6.92 Å². The van der Waals surface area contributed by atoms with Gasteiger partial charge in [0.2, 0.25) is 5.78 Å². The summed E-state index contributed by atoms with van der Waals surface area (Å²) in [4.78, 5) is 30.8. The minimum Gasteiger partial charge on any atom is -0.289 e. The lowest BCUT2D eigenvalue weighted by Crippen LogP contribution is -2.26. The van der Waals surface area contributed by atoms with Gasteiger partial charge in [-0.3, -0.25) is 9.59 Å². The van der Waals surface area contributed by atoms with E-state index >= 15 is 0 Å². The maximum absolute atomic E-state index is 13.5. The Balaban J connectivity index is 1.86. The number of benzene rings is 3. The minimum absolute atomic E-state index is 0.149. The Morgan fingerprint density at radius 1 is 0.667 bits per heavy atom. The Bertz CT molecular complexity index is 1340. The Labute approximate surface area is 192 Å². The predicted molar refractivity (Wildman–Crippen MR) is 133 cm³/mol. The summed E-state index contributed by atoms with van der Waals surface area (Å²) in [6.07, 6.45) is 1.37. The molecule has 0 saturated heterocycles. The smallest absolute Gasteiger partial charge is 0.230 e. The number of aromatic nitrogens is 1. The van der Waals surface area contributed by atoms with Gasteiger partial charge in [-0.25, -0.2) is 9.73 Å². The number of carbonyl (C=O) groups is 2. The van der Waals surface area contributed by atoms with Crippen LogP contribution >= 0.6 is 7.05 Å². The Morgan fingerprint density at radius 3 is 1.64 bits per heavy atom. The van der Waals surface area contributed by atoms with Gasteiger partial charge in [-0.1, -0.05) is 91.0 Å². The molecule has 0 amide bonds. The second kappa shape index (κ2) is 8.57. The van der Waals surface area contributed by atoms with Crippen LogP contribution in [0.2, 0.25) is 0 Å². The molecule has 3 aromatic carbocycles. The van der Waals surface area contributed by atoms with Crippen LogP contribution in [-0.2, 0) is 0 Å². The molecule has 0 atom stereocenters. The zero-order valence-electron chi connectivity index (χ0n) is 18.1. The molecule has 1 aromatic heterocycles. The third kappa shape index (κ3) is 3.69. The number of rotatable bonds is 4. The average molecular weight is 448 g/mol.